The second-order valence-corrected chi connectivity index (χ2v) is 9.68. The van der Waals surface area contributed by atoms with Gasteiger partial charge in [-0.2, -0.15) is 0 Å². The zero-order valence-corrected chi connectivity index (χ0v) is 19.7. The van der Waals surface area contributed by atoms with Crippen molar-refractivity contribution in [3.63, 3.8) is 0 Å². The first-order chi connectivity index (χ1) is 14.5. The van der Waals surface area contributed by atoms with Crippen LogP contribution in [0.5, 0.6) is 5.75 Å². The van der Waals surface area contributed by atoms with E-state index in [1.54, 1.807) is 6.08 Å². The zero-order valence-electron chi connectivity index (χ0n) is 18.7. The molecule has 0 aromatic heterocycles. The van der Waals surface area contributed by atoms with Crippen LogP contribution in [-0.4, -0.2) is 46.3 Å². The third-order valence-electron chi connectivity index (χ3n) is 4.52. The Labute approximate surface area is 182 Å². The van der Waals surface area contributed by atoms with Gasteiger partial charge in [-0.05, 0) is 57.4 Å². The Hall–Kier alpha value is -1.67. The van der Waals surface area contributed by atoms with Crippen molar-refractivity contribution < 1.29 is 27.9 Å². The topological polar surface area (TPSA) is 74.2 Å². The maximum atomic E-state index is 10.6. The van der Waals surface area contributed by atoms with Crippen LogP contribution >= 0.6 is 0 Å². The number of hydrogen-bond acceptors (Lipinski definition) is 5. The normalized spacial score (nSPS) is 11.8. The van der Waals surface area contributed by atoms with Crippen molar-refractivity contribution in [3.8, 4) is 5.75 Å². The molecule has 7 heteroatoms. The summed E-state index contributed by atoms with van der Waals surface area (Å²) in [4.78, 5) is 10.6. The summed E-state index contributed by atoms with van der Waals surface area (Å²) < 4.78 is 23.5. The number of rotatable bonds is 18. The monoisotopic (exact) mass is 438 g/mol. The Balaban J connectivity index is 2.18. The van der Waals surface area contributed by atoms with Gasteiger partial charge in [0.05, 0.1) is 6.61 Å². The van der Waals surface area contributed by atoms with Crippen molar-refractivity contribution in [1.29, 1.82) is 0 Å². The second-order valence-electron chi connectivity index (χ2n) is 6.95. The van der Waals surface area contributed by atoms with E-state index in [0.717, 1.165) is 49.1 Å². The lowest BCUT2D eigenvalue weighted by Crippen LogP contribution is -2.45. The van der Waals surface area contributed by atoms with Crippen LogP contribution in [0, 0.1) is 0 Å². The average Bonchev–Trinajstić information content (AvgIpc) is 2.72. The number of benzene rings is 1. The molecule has 1 N–H and O–H groups in total. The van der Waals surface area contributed by atoms with Gasteiger partial charge in [0.15, 0.2) is 0 Å². The zero-order chi connectivity index (χ0) is 22.1. The Kier molecular flexibility index (Phi) is 14.1. The molecule has 0 spiro atoms. The maximum Gasteiger partial charge on any atom is 0.500 e. The second kappa shape index (κ2) is 16.1. The van der Waals surface area contributed by atoms with E-state index in [9.17, 15) is 4.79 Å². The molecule has 30 heavy (non-hydrogen) atoms. The van der Waals surface area contributed by atoms with Crippen molar-refractivity contribution in [2.24, 2.45) is 0 Å². The summed E-state index contributed by atoms with van der Waals surface area (Å²) in [7, 11) is -2.49. The highest BCUT2D eigenvalue weighted by molar-refractivity contribution is 6.60. The largest absolute Gasteiger partial charge is 0.500 e. The predicted octanol–water partition coefficient (Wildman–Crippen LogP) is 5.55. The van der Waals surface area contributed by atoms with Crippen LogP contribution in [0.15, 0.2) is 30.3 Å². The molecule has 0 saturated heterocycles. The SMILES string of the molecule is CCO[Si](CCCCCCCCOc1cccc(/C=C/C(=O)O)c1)(OCC)OCC. The third kappa shape index (κ3) is 11.5. The number of carbonyl (C=O) groups is 1. The van der Waals surface area contributed by atoms with Crippen LogP contribution in [0.1, 0.15) is 64.9 Å². The summed E-state index contributed by atoms with van der Waals surface area (Å²) in [5, 5.41) is 8.70. The molecule has 1 aromatic rings. The number of aliphatic carboxylic acids is 1. The van der Waals surface area contributed by atoms with Crippen molar-refractivity contribution >= 4 is 20.8 Å². The molecule has 0 amide bonds. The van der Waals surface area contributed by atoms with E-state index >= 15 is 0 Å². The van der Waals surface area contributed by atoms with Crippen LogP contribution in [0.25, 0.3) is 6.08 Å². The summed E-state index contributed by atoms with van der Waals surface area (Å²) >= 11 is 0. The fraction of sp³-hybridized carbons (Fsp3) is 0.609. The first-order valence-corrected chi connectivity index (χ1v) is 13.0. The van der Waals surface area contributed by atoms with Crippen molar-refractivity contribution in [2.75, 3.05) is 26.4 Å². The number of unbranched alkanes of at least 4 members (excludes halogenated alkanes) is 5. The van der Waals surface area contributed by atoms with Gasteiger partial charge < -0.3 is 23.1 Å². The predicted molar refractivity (Wildman–Crippen MR) is 122 cm³/mol. The minimum Gasteiger partial charge on any atom is -0.494 e. The first-order valence-electron chi connectivity index (χ1n) is 11.1. The van der Waals surface area contributed by atoms with Gasteiger partial charge in [-0.15, -0.1) is 0 Å². The smallest absolute Gasteiger partial charge is 0.494 e. The standard InChI is InChI=1S/C23H38O6Si/c1-4-27-30(28-5-2,29-6-3)19-12-10-8-7-9-11-18-26-22-15-13-14-21(20-22)16-17-23(24)25/h13-17,20H,4-12,18-19H2,1-3H3,(H,24,25)/b17-16+. The molecule has 0 radical (unpaired) electrons. The molecule has 0 unspecified atom stereocenters. The van der Waals surface area contributed by atoms with Gasteiger partial charge in [-0.1, -0.05) is 37.8 Å². The van der Waals surface area contributed by atoms with Crippen LogP contribution in [0.2, 0.25) is 6.04 Å². The van der Waals surface area contributed by atoms with Crippen LogP contribution in [0.3, 0.4) is 0 Å². The number of ether oxygens (including phenoxy) is 1. The van der Waals surface area contributed by atoms with Gasteiger partial charge in [-0.25, -0.2) is 4.79 Å². The van der Waals surface area contributed by atoms with E-state index in [2.05, 4.69) is 0 Å². The van der Waals surface area contributed by atoms with Crippen LogP contribution < -0.4 is 4.74 Å². The fourth-order valence-electron chi connectivity index (χ4n) is 3.22. The van der Waals surface area contributed by atoms with Gasteiger partial charge in [0.25, 0.3) is 0 Å². The lowest BCUT2D eigenvalue weighted by Gasteiger charge is -2.28. The Morgan fingerprint density at radius 2 is 1.53 bits per heavy atom. The number of carboxylic acid groups (broad SMARTS) is 1. The van der Waals surface area contributed by atoms with Crippen molar-refractivity contribution in [3.05, 3.63) is 35.9 Å². The van der Waals surface area contributed by atoms with Crippen molar-refractivity contribution in [1.82, 2.24) is 0 Å². The van der Waals surface area contributed by atoms with Gasteiger partial charge in [0.1, 0.15) is 5.75 Å². The van der Waals surface area contributed by atoms with E-state index in [0.29, 0.717) is 26.4 Å². The summed E-state index contributed by atoms with van der Waals surface area (Å²) in [6.07, 6.45) is 9.41. The number of hydrogen-bond donors (Lipinski definition) is 1. The molecule has 170 valence electrons. The highest BCUT2D eigenvalue weighted by atomic mass is 28.4. The molecule has 0 fully saturated rings. The molecule has 1 rings (SSSR count). The first kappa shape index (κ1) is 26.4. The Bertz CT molecular complexity index is 602. The lowest BCUT2D eigenvalue weighted by atomic mass is 10.1. The molecule has 6 nitrogen and oxygen atoms in total. The van der Waals surface area contributed by atoms with Crippen LogP contribution in [-0.2, 0) is 18.1 Å². The van der Waals surface area contributed by atoms with Gasteiger partial charge >= 0.3 is 14.8 Å². The molecule has 0 atom stereocenters. The van der Waals surface area contributed by atoms with E-state index in [1.807, 2.05) is 45.0 Å². The highest BCUT2D eigenvalue weighted by Crippen LogP contribution is 2.21. The lowest BCUT2D eigenvalue weighted by molar-refractivity contribution is -0.131. The number of carboxylic acids is 1. The van der Waals surface area contributed by atoms with E-state index in [-0.39, 0.29) is 0 Å². The maximum absolute atomic E-state index is 10.6. The summed E-state index contributed by atoms with van der Waals surface area (Å²) in [5.74, 6) is -0.186. The minimum atomic E-state index is -2.49. The molecule has 0 aliphatic rings. The summed E-state index contributed by atoms with van der Waals surface area (Å²) in [6.45, 7) is 8.53. The van der Waals surface area contributed by atoms with Gasteiger partial charge in [-0.3, -0.25) is 0 Å². The molecular weight excluding hydrogens is 400 g/mol. The minimum absolute atomic E-state index is 0.630. The molecule has 0 aliphatic heterocycles. The summed E-state index contributed by atoms with van der Waals surface area (Å²) in [5.41, 5.74) is 0.820. The van der Waals surface area contributed by atoms with Crippen LogP contribution in [0.4, 0.5) is 0 Å². The molecule has 0 bridgehead atoms. The van der Waals surface area contributed by atoms with Gasteiger partial charge in [0, 0.05) is 31.9 Å². The highest BCUT2D eigenvalue weighted by Gasteiger charge is 2.39. The molecule has 0 saturated carbocycles. The van der Waals surface area contributed by atoms with E-state index < -0.39 is 14.8 Å². The Morgan fingerprint density at radius 1 is 0.933 bits per heavy atom. The van der Waals surface area contributed by atoms with Gasteiger partial charge in [0.2, 0.25) is 0 Å². The molecule has 1 aromatic carbocycles. The summed E-state index contributed by atoms with van der Waals surface area (Å²) in [6, 6.07) is 8.35. The molecule has 0 heterocycles. The fourth-order valence-corrected chi connectivity index (χ4v) is 5.90. The van der Waals surface area contributed by atoms with Crippen molar-refractivity contribution in [2.45, 2.75) is 65.3 Å². The third-order valence-corrected chi connectivity index (χ3v) is 7.67. The molecular formula is C23H38O6Si. The Morgan fingerprint density at radius 3 is 2.13 bits per heavy atom. The van der Waals surface area contributed by atoms with E-state index in [1.165, 1.54) is 12.8 Å². The molecule has 0 aliphatic carbocycles. The van der Waals surface area contributed by atoms with E-state index in [4.69, 9.17) is 23.1 Å². The quantitative estimate of drug-likeness (QED) is 0.184. The average molecular weight is 439 g/mol.